The van der Waals surface area contributed by atoms with Crippen LogP contribution in [0.5, 0.6) is 0 Å². The Morgan fingerprint density at radius 1 is 1.42 bits per heavy atom. The Kier molecular flexibility index (Phi) is 3.62. The van der Waals surface area contributed by atoms with E-state index in [1.54, 1.807) is 0 Å². The third kappa shape index (κ3) is 3.58. The zero-order valence-corrected chi connectivity index (χ0v) is 11.7. The summed E-state index contributed by atoms with van der Waals surface area (Å²) in [6.45, 7) is 6.31. The molecule has 0 saturated carbocycles. The number of H-pyrrole nitrogens is 1. The quantitative estimate of drug-likeness (QED) is 0.784. The number of benzene rings is 1. The average molecular weight is 259 g/mol. The molecule has 4 nitrogen and oxygen atoms in total. The second kappa shape index (κ2) is 5.05. The second-order valence-electron chi connectivity index (χ2n) is 5.81. The topological polar surface area (TPSA) is 70.9 Å². The average Bonchev–Trinajstić information content (AvgIpc) is 2.68. The van der Waals surface area contributed by atoms with Crippen molar-refractivity contribution in [2.45, 2.75) is 32.7 Å². The Balaban J connectivity index is 2.07. The highest BCUT2D eigenvalue weighted by Crippen LogP contribution is 2.19. The molecule has 19 heavy (non-hydrogen) atoms. The van der Waals surface area contributed by atoms with Crippen LogP contribution in [0.1, 0.15) is 25.0 Å². The van der Waals surface area contributed by atoms with E-state index in [9.17, 15) is 4.79 Å². The number of nitrogens with one attached hydrogen (secondary N) is 2. The maximum atomic E-state index is 11.9. The molecular formula is C15H21N3O. The lowest BCUT2D eigenvalue weighted by Gasteiger charge is -2.18. The third-order valence-electron chi connectivity index (χ3n) is 3.02. The molecule has 2 aromatic rings. The number of hydrogen-bond donors (Lipinski definition) is 3. The summed E-state index contributed by atoms with van der Waals surface area (Å²) >= 11 is 0. The van der Waals surface area contributed by atoms with Crippen LogP contribution in [0, 0.1) is 6.92 Å². The number of aromatic nitrogens is 1. The molecule has 0 spiro atoms. The first-order valence-electron chi connectivity index (χ1n) is 6.47. The van der Waals surface area contributed by atoms with Crippen LogP contribution in [0.2, 0.25) is 0 Å². The normalized spacial score (nSPS) is 11.8. The van der Waals surface area contributed by atoms with Crippen LogP contribution in [-0.4, -0.2) is 23.0 Å². The van der Waals surface area contributed by atoms with Gasteiger partial charge in [0.15, 0.2) is 0 Å². The monoisotopic (exact) mass is 259 g/mol. The molecule has 1 aromatic heterocycles. The van der Waals surface area contributed by atoms with Gasteiger partial charge in [-0.05, 0) is 38.0 Å². The van der Waals surface area contributed by atoms with Crippen LogP contribution in [0.3, 0.4) is 0 Å². The first-order valence-corrected chi connectivity index (χ1v) is 6.47. The molecule has 0 atom stereocenters. The van der Waals surface area contributed by atoms with E-state index in [2.05, 4.69) is 35.4 Å². The lowest BCUT2D eigenvalue weighted by atomic mass is 10.1. The SMILES string of the molecule is Cc1ccc2c(CC(=O)NCC(C)(C)N)c[nH]c2c1. The number of rotatable bonds is 4. The molecule has 0 aliphatic carbocycles. The van der Waals surface area contributed by atoms with Gasteiger partial charge in [-0.3, -0.25) is 4.79 Å². The highest BCUT2D eigenvalue weighted by molar-refractivity contribution is 5.89. The molecule has 1 aromatic carbocycles. The van der Waals surface area contributed by atoms with Gasteiger partial charge < -0.3 is 16.0 Å². The number of aryl methyl sites for hydroxylation is 1. The maximum Gasteiger partial charge on any atom is 0.224 e. The fourth-order valence-electron chi connectivity index (χ4n) is 2.01. The molecule has 0 saturated heterocycles. The van der Waals surface area contributed by atoms with Crippen LogP contribution >= 0.6 is 0 Å². The summed E-state index contributed by atoms with van der Waals surface area (Å²) in [4.78, 5) is 15.1. The van der Waals surface area contributed by atoms with Crippen LogP contribution in [0.15, 0.2) is 24.4 Å². The van der Waals surface area contributed by atoms with Crippen LogP contribution in [0.4, 0.5) is 0 Å². The molecule has 0 bridgehead atoms. The Bertz CT molecular complexity index is 593. The molecular weight excluding hydrogens is 238 g/mol. The summed E-state index contributed by atoms with van der Waals surface area (Å²) in [6.07, 6.45) is 2.27. The summed E-state index contributed by atoms with van der Waals surface area (Å²) in [5, 5.41) is 3.96. The molecule has 1 heterocycles. The molecule has 0 radical (unpaired) electrons. The first kappa shape index (κ1) is 13.6. The van der Waals surface area contributed by atoms with Gasteiger partial charge in [-0.2, -0.15) is 0 Å². The van der Waals surface area contributed by atoms with E-state index in [-0.39, 0.29) is 11.4 Å². The van der Waals surface area contributed by atoms with Gasteiger partial charge in [-0.25, -0.2) is 0 Å². The molecule has 4 heteroatoms. The lowest BCUT2D eigenvalue weighted by molar-refractivity contribution is -0.120. The molecule has 0 aliphatic rings. The van der Waals surface area contributed by atoms with Gasteiger partial charge >= 0.3 is 0 Å². The van der Waals surface area contributed by atoms with Crippen molar-refractivity contribution in [3.05, 3.63) is 35.5 Å². The summed E-state index contributed by atoms with van der Waals surface area (Å²) in [5.41, 5.74) is 8.75. The number of aromatic amines is 1. The number of carbonyl (C=O) groups is 1. The lowest BCUT2D eigenvalue weighted by Crippen LogP contribution is -2.45. The number of hydrogen-bond acceptors (Lipinski definition) is 2. The van der Waals surface area contributed by atoms with Crippen LogP contribution < -0.4 is 11.1 Å². The van der Waals surface area contributed by atoms with E-state index in [4.69, 9.17) is 5.73 Å². The Morgan fingerprint density at radius 3 is 2.84 bits per heavy atom. The van der Waals surface area contributed by atoms with Crippen molar-refractivity contribution in [2.75, 3.05) is 6.54 Å². The minimum Gasteiger partial charge on any atom is -0.361 e. The third-order valence-corrected chi connectivity index (χ3v) is 3.02. The Morgan fingerprint density at radius 2 is 2.16 bits per heavy atom. The number of nitrogens with two attached hydrogens (primary N) is 1. The van der Waals surface area contributed by atoms with E-state index in [0.717, 1.165) is 16.5 Å². The molecule has 4 N–H and O–H groups in total. The van der Waals surface area contributed by atoms with Gasteiger partial charge in [-0.1, -0.05) is 12.1 Å². The van der Waals surface area contributed by atoms with Crippen LogP contribution in [-0.2, 0) is 11.2 Å². The summed E-state index contributed by atoms with van der Waals surface area (Å²) < 4.78 is 0. The van der Waals surface area contributed by atoms with Gasteiger partial charge in [0.25, 0.3) is 0 Å². The van der Waals surface area contributed by atoms with E-state index < -0.39 is 0 Å². The van der Waals surface area contributed by atoms with Gasteiger partial charge in [0, 0.05) is 29.2 Å². The maximum absolute atomic E-state index is 11.9. The number of carbonyl (C=O) groups excluding carboxylic acids is 1. The van der Waals surface area contributed by atoms with E-state index in [1.165, 1.54) is 5.56 Å². The Labute approximate surface area is 113 Å². The molecule has 1 amide bonds. The van der Waals surface area contributed by atoms with Crippen molar-refractivity contribution in [3.63, 3.8) is 0 Å². The number of fused-ring (bicyclic) bond motifs is 1. The van der Waals surface area contributed by atoms with Gasteiger partial charge in [0.05, 0.1) is 6.42 Å². The van der Waals surface area contributed by atoms with Crippen LogP contribution in [0.25, 0.3) is 10.9 Å². The summed E-state index contributed by atoms with van der Waals surface area (Å²) in [6, 6.07) is 6.19. The fraction of sp³-hybridized carbons (Fsp3) is 0.400. The largest absolute Gasteiger partial charge is 0.361 e. The fourth-order valence-corrected chi connectivity index (χ4v) is 2.01. The molecule has 102 valence electrons. The minimum atomic E-state index is -0.382. The molecule has 0 fully saturated rings. The number of amides is 1. The van der Waals surface area contributed by atoms with Crippen molar-refractivity contribution in [1.29, 1.82) is 0 Å². The first-order chi connectivity index (χ1) is 8.85. The highest BCUT2D eigenvalue weighted by Gasteiger charge is 2.13. The smallest absolute Gasteiger partial charge is 0.224 e. The summed E-state index contributed by atoms with van der Waals surface area (Å²) in [7, 11) is 0. The zero-order chi connectivity index (χ0) is 14.0. The van der Waals surface area contributed by atoms with E-state index >= 15 is 0 Å². The van der Waals surface area contributed by atoms with Crippen molar-refractivity contribution < 1.29 is 4.79 Å². The molecule has 0 aliphatic heterocycles. The van der Waals surface area contributed by atoms with E-state index in [1.807, 2.05) is 20.0 Å². The minimum absolute atomic E-state index is 0.000000000000000222. The van der Waals surface area contributed by atoms with Crippen molar-refractivity contribution in [3.8, 4) is 0 Å². The van der Waals surface area contributed by atoms with Crippen molar-refractivity contribution in [1.82, 2.24) is 10.3 Å². The van der Waals surface area contributed by atoms with Gasteiger partial charge in [-0.15, -0.1) is 0 Å². The Hall–Kier alpha value is -1.81. The molecule has 0 unspecified atom stereocenters. The standard InChI is InChI=1S/C15H21N3O/c1-10-4-5-12-11(8-17-13(12)6-10)7-14(19)18-9-15(2,3)16/h4-6,8,17H,7,9,16H2,1-3H3,(H,18,19). The van der Waals surface area contributed by atoms with Gasteiger partial charge in [0.2, 0.25) is 5.91 Å². The van der Waals surface area contributed by atoms with Gasteiger partial charge in [0.1, 0.15) is 0 Å². The highest BCUT2D eigenvalue weighted by atomic mass is 16.1. The molecule has 2 rings (SSSR count). The van der Waals surface area contributed by atoms with E-state index in [0.29, 0.717) is 13.0 Å². The second-order valence-corrected chi connectivity index (χ2v) is 5.81. The van der Waals surface area contributed by atoms with Crippen molar-refractivity contribution in [2.24, 2.45) is 5.73 Å². The summed E-state index contributed by atoms with van der Waals surface area (Å²) in [5.74, 6) is 0.000000000000000222. The van der Waals surface area contributed by atoms with Crippen molar-refractivity contribution >= 4 is 16.8 Å². The zero-order valence-electron chi connectivity index (χ0n) is 11.7. The predicted octanol–water partition coefficient (Wildman–Crippen LogP) is 1.87. The predicted molar refractivity (Wildman–Crippen MR) is 78.0 cm³/mol.